The number of aromatic hydroxyl groups is 1. The molecule has 0 unspecified atom stereocenters. The van der Waals surface area contributed by atoms with Crippen molar-refractivity contribution in [2.75, 3.05) is 46.4 Å². The van der Waals surface area contributed by atoms with E-state index in [-0.39, 0.29) is 36.5 Å². The minimum Gasteiger partial charge on any atom is -0.507 e. The molecule has 2 saturated heterocycles. The fourth-order valence-electron chi connectivity index (χ4n) is 5.17. The molecule has 2 aliphatic rings. The number of aryl methyl sites for hydroxylation is 2. The molecule has 0 bridgehead atoms. The molecule has 0 spiro atoms. The van der Waals surface area contributed by atoms with E-state index in [1.165, 1.54) is 7.11 Å². The predicted octanol–water partition coefficient (Wildman–Crippen LogP) is 2.28. The van der Waals surface area contributed by atoms with E-state index in [2.05, 4.69) is 9.64 Å². The lowest BCUT2D eigenvalue weighted by Gasteiger charge is -2.43. The first-order valence-corrected chi connectivity index (χ1v) is 12.4. The topological polar surface area (TPSA) is 90.4 Å². The minimum absolute atomic E-state index is 0.0125. The van der Waals surface area contributed by atoms with Crippen LogP contribution in [0.3, 0.4) is 0 Å². The number of benzene rings is 1. The molecule has 34 heavy (non-hydrogen) atoms. The number of piperazine rings is 1. The fourth-order valence-corrected chi connectivity index (χ4v) is 5.17. The molecule has 1 N–H and O–H groups in total. The monoisotopic (exact) mass is 473 g/mol. The highest BCUT2D eigenvalue weighted by molar-refractivity contribution is 5.81. The van der Waals surface area contributed by atoms with E-state index in [0.717, 1.165) is 55.7 Å². The van der Waals surface area contributed by atoms with Gasteiger partial charge in [-0.05, 0) is 49.8 Å². The van der Waals surface area contributed by atoms with E-state index in [4.69, 9.17) is 0 Å². The van der Waals surface area contributed by atoms with E-state index in [1.54, 1.807) is 0 Å². The van der Waals surface area contributed by atoms with Crippen molar-refractivity contribution in [2.45, 2.75) is 58.9 Å². The third-order valence-corrected chi connectivity index (χ3v) is 7.24. The molecule has 2 amide bonds. The first kappa shape index (κ1) is 26.0. The normalized spacial score (nSPS) is 18.6. The second-order valence-electron chi connectivity index (χ2n) is 9.73. The van der Waals surface area contributed by atoms with Crippen LogP contribution in [-0.2, 0) is 25.5 Å². The molecule has 8 nitrogen and oxygen atoms in total. The molecule has 2 heterocycles. The number of hydrogen-bond donors (Lipinski definition) is 1. The van der Waals surface area contributed by atoms with Crippen LogP contribution in [-0.4, -0.2) is 90.0 Å². The fraction of sp³-hybridized carbons (Fsp3) is 0.654. The molecular weight excluding hydrogens is 434 g/mol. The van der Waals surface area contributed by atoms with E-state index in [0.29, 0.717) is 31.3 Å². The summed E-state index contributed by atoms with van der Waals surface area (Å²) in [4.78, 5) is 42.9. The maximum absolute atomic E-state index is 13.1. The molecule has 1 aromatic rings. The maximum Gasteiger partial charge on any atom is 0.306 e. The van der Waals surface area contributed by atoms with Crippen molar-refractivity contribution in [1.82, 2.24) is 14.7 Å². The molecule has 0 aliphatic carbocycles. The summed E-state index contributed by atoms with van der Waals surface area (Å²) in [5.41, 5.74) is 2.78. The van der Waals surface area contributed by atoms with Crippen molar-refractivity contribution >= 4 is 17.8 Å². The zero-order chi connectivity index (χ0) is 24.8. The van der Waals surface area contributed by atoms with E-state index in [9.17, 15) is 19.5 Å². The second kappa shape index (κ2) is 11.7. The number of hydrogen-bond acceptors (Lipinski definition) is 6. The molecule has 8 heteroatoms. The average molecular weight is 474 g/mol. The molecule has 2 fully saturated rings. The van der Waals surface area contributed by atoms with Gasteiger partial charge >= 0.3 is 5.97 Å². The summed E-state index contributed by atoms with van der Waals surface area (Å²) in [5.74, 6) is 0.0906. The number of phenolic OH excluding ortho intramolecular Hbond substituents is 1. The molecule has 2 aliphatic heterocycles. The van der Waals surface area contributed by atoms with Gasteiger partial charge in [-0.15, -0.1) is 0 Å². The summed E-state index contributed by atoms with van der Waals surface area (Å²) in [7, 11) is 1.34. The number of phenols is 1. The van der Waals surface area contributed by atoms with E-state index in [1.807, 2.05) is 42.7 Å². The predicted molar refractivity (Wildman–Crippen MR) is 129 cm³/mol. The smallest absolute Gasteiger partial charge is 0.306 e. The van der Waals surface area contributed by atoms with E-state index < -0.39 is 0 Å². The highest BCUT2D eigenvalue weighted by Gasteiger charge is 2.31. The lowest BCUT2D eigenvalue weighted by molar-refractivity contribution is -0.144. The summed E-state index contributed by atoms with van der Waals surface area (Å²) in [6.07, 6.45) is 2.91. The van der Waals surface area contributed by atoms with Crippen LogP contribution in [0.25, 0.3) is 0 Å². The quantitative estimate of drug-likeness (QED) is 0.611. The summed E-state index contributed by atoms with van der Waals surface area (Å²) < 4.78 is 4.61. The first-order valence-electron chi connectivity index (χ1n) is 12.4. The number of piperidine rings is 1. The van der Waals surface area contributed by atoms with Gasteiger partial charge in [-0.2, -0.15) is 0 Å². The molecule has 0 saturated carbocycles. The van der Waals surface area contributed by atoms with Gasteiger partial charge in [0.05, 0.1) is 13.5 Å². The van der Waals surface area contributed by atoms with Gasteiger partial charge in [-0.1, -0.05) is 19.1 Å². The Balaban J connectivity index is 1.42. The molecule has 1 aromatic carbocycles. The maximum atomic E-state index is 13.1. The van der Waals surface area contributed by atoms with Gasteiger partial charge in [-0.3, -0.25) is 19.3 Å². The second-order valence-corrected chi connectivity index (χ2v) is 9.73. The van der Waals surface area contributed by atoms with Gasteiger partial charge in [0.25, 0.3) is 0 Å². The van der Waals surface area contributed by atoms with Crippen molar-refractivity contribution in [3.05, 3.63) is 28.8 Å². The third-order valence-electron chi connectivity index (χ3n) is 7.24. The van der Waals surface area contributed by atoms with Crippen LogP contribution < -0.4 is 0 Å². The Morgan fingerprint density at radius 3 is 2.12 bits per heavy atom. The third kappa shape index (κ3) is 6.50. The number of likely N-dealkylation sites (tertiary alicyclic amines) is 1. The van der Waals surface area contributed by atoms with Gasteiger partial charge in [0, 0.05) is 57.6 Å². The average Bonchev–Trinajstić information content (AvgIpc) is 2.85. The van der Waals surface area contributed by atoms with Crippen molar-refractivity contribution < 1.29 is 24.2 Å². The molecule has 188 valence electrons. The summed E-state index contributed by atoms with van der Waals surface area (Å²) in [6.45, 7) is 10.3. The van der Waals surface area contributed by atoms with Gasteiger partial charge < -0.3 is 19.6 Å². The van der Waals surface area contributed by atoms with Crippen LogP contribution in [0, 0.1) is 19.8 Å². The number of carbonyl (C=O) groups is 3. The number of carbonyl (C=O) groups excluding carboxylic acids is 3. The highest BCUT2D eigenvalue weighted by Crippen LogP contribution is 2.26. The van der Waals surface area contributed by atoms with Gasteiger partial charge in [-0.25, -0.2) is 0 Å². The van der Waals surface area contributed by atoms with Crippen LogP contribution in [0.2, 0.25) is 0 Å². The Bertz CT molecular complexity index is 863. The lowest BCUT2D eigenvalue weighted by Crippen LogP contribution is -2.55. The number of nitrogens with zero attached hydrogens (tertiary/aromatic N) is 3. The van der Waals surface area contributed by atoms with Gasteiger partial charge in [0.1, 0.15) is 5.75 Å². The Morgan fingerprint density at radius 1 is 0.971 bits per heavy atom. The largest absolute Gasteiger partial charge is 0.507 e. The zero-order valence-corrected chi connectivity index (χ0v) is 21.0. The van der Waals surface area contributed by atoms with Crippen LogP contribution in [0.4, 0.5) is 0 Å². The summed E-state index contributed by atoms with van der Waals surface area (Å²) in [6, 6.07) is 4.38. The number of amides is 2. The Hall–Kier alpha value is -2.61. The molecule has 3 rings (SSSR count). The number of rotatable bonds is 7. The van der Waals surface area contributed by atoms with Crippen molar-refractivity contribution in [3.63, 3.8) is 0 Å². The van der Waals surface area contributed by atoms with E-state index >= 15 is 0 Å². The number of ether oxygens (including phenoxy) is 1. The Morgan fingerprint density at radius 2 is 1.56 bits per heavy atom. The van der Waals surface area contributed by atoms with Crippen molar-refractivity contribution in [2.24, 2.45) is 5.92 Å². The molecular formula is C26H39N3O5. The van der Waals surface area contributed by atoms with Gasteiger partial charge in [0.2, 0.25) is 11.8 Å². The summed E-state index contributed by atoms with van der Waals surface area (Å²) in [5, 5.41) is 9.99. The van der Waals surface area contributed by atoms with Crippen LogP contribution in [0.5, 0.6) is 5.75 Å². The molecule has 0 radical (unpaired) electrons. The minimum atomic E-state index is -0.351. The Kier molecular flexibility index (Phi) is 8.94. The lowest BCUT2D eigenvalue weighted by atomic mass is 9.95. The number of methoxy groups -OCH3 is 1. The van der Waals surface area contributed by atoms with Crippen molar-refractivity contribution in [3.8, 4) is 5.75 Å². The van der Waals surface area contributed by atoms with Crippen LogP contribution in [0.15, 0.2) is 12.1 Å². The first-order chi connectivity index (χ1) is 16.2. The van der Waals surface area contributed by atoms with Crippen LogP contribution >= 0.6 is 0 Å². The molecule has 0 aromatic heterocycles. The van der Waals surface area contributed by atoms with Gasteiger partial charge in [0.15, 0.2) is 0 Å². The van der Waals surface area contributed by atoms with Crippen molar-refractivity contribution in [1.29, 1.82) is 0 Å². The number of esters is 1. The SMILES string of the molecule is COC(=O)CCC(=O)N1CCN(C2CCN(C(=O)[C@H](C)Cc3cc(C)c(O)c(C)c3)CC2)CC1. The Labute approximate surface area is 202 Å². The van der Waals surface area contributed by atoms with Crippen LogP contribution in [0.1, 0.15) is 49.3 Å². The summed E-state index contributed by atoms with van der Waals surface area (Å²) >= 11 is 0. The highest BCUT2D eigenvalue weighted by atomic mass is 16.5. The molecule has 1 atom stereocenters. The zero-order valence-electron chi connectivity index (χ0n) is 21.0. The standard InChI is InChI=1S/C26H39N3O5/c1-18-15-21(16-19(2)25(18)32)17-20(3)26(33)29-9-7-22(8-10-29)27-11-13-28(14-12-27)23(30)5-6-24(31)34-4/h15-16,20,22,32H,5-14,17H2,1-4H3/t20-/m1/s1.